The second kappa shape index (κ2) is 11.0. The SMILES string of the molecule is Fc1cc(C(F)(F)F)ccc1C=Cc1nc(COc2ccc(CCCCn3ccnc3)cc2)co1. The highest BCUT2D eigenvalue weighted by molar-refractivity contribution is 5.66. The number of nitrogens with zero attached hydrogens (tertiary/aromatic N) is 3. The van der Waals surface area contributed by atoms with Crippen LogP contribution in [0.2, 0.25) is 0 Å². The number of aryl methyl sites for hydroxylation is 2. The summed E-state index contributed by atoms with van der Waals surface area (Å²) in [6.45, 7) is 1.13. The molecule has 35 heavy (non-hydrogen) atoms. The van der Waals surface area contributed by atoms with E-state index in [1.165, 1.54) is 24.0 Å². The lowest BCUT2D eigenvalue weighted by Crippen LogP contribution is -2.05. The first-order valence-corrected chi connectivity index (χ1v) is 11.0. The fourth-order valence-corrected chi connectivity index (χ4v) is 3.42. The van der Waals surface area contributed by atoms with Crippen molar-refractivity contribution in [2.75, 3.05) is 0 Å². The van der Waals surface area contributed by atoms with Gasteiger partial charge in [-0.2, -0.15) is 13.2 Å². The summed E-state index contributed by atoms with van der Waals surface area (Å²) in [5, 5.41) is 0. The van der Waals surface area contributed by atoms with Gasteiger partial charge in [0.25, 0.3) is 0 Å². The van der Waals surface area contributed by atoms with Crippen LogP contribution in [-0.4, -0.2) is 14.5 Å². The molecule has 4 aromatic rings. The highest BCUT2D eigenvalue weighted by Gasteiger charge is 2.30. The predicted molar refractivity (Wildman–Crippen MR) is 123 cm³/mol. The maximum Gasteiger partial charge on any atom is 0.416 e. The Balaban J connectivity index is 1.24. The van der Waals surface area contributed by atoms with Gasteiger partial charge in [0.1, 0.15) is 30.1 Å². The molecular weight excluding hydrogens is 462 g/mol. The van der Waals surface area contributed by atoms with Gasteiger partial charge in [-0.05, 0) is 55.2 Å². The van der Waals surface area contributed by atoms with E-state index in [2.05, 4.69) is 14.5 Å². The molecule has 0 saturated carbocycles. The zero-order valence-electron chi connectivity index (χ0n) is 18.7. The molecule has 2 aromatic heterocycles. The molecule has 0 saturated heterocycles. The highest BCUT2D eigenvalue weighted by Crippen LogP contribution is 2.30. The maximum atomic E-state index is 13.9. The number of benzene rings is 2. The number of rotatable bonds is 10. The summed E-state index contributed by atoms with van der Waals surface area (Å²) < 4.78 is 65.0. The van der Waals surface area contributed by atoms with Crippen molar-refractivity contribution in [3.63, 3.8) is 0 Å². The number of oxazole rings is 1. The Morgan fingerprint density at radius 2 is 1.86 bits per heavy atom. The number of hydrogen-bond acceptors (Lipinski definition) is 4. The number of imidazole rings is 1. The van der Waals surface area contributed by atoms with Crippen molar-refractivity contribution >= 4 is 12.2 Å². The van der Waals surface area contributed by atoms with Crippen molar-refractivity contribution in [3.8, 4) is 5.75 Å². The molecule has 0 radical (unpaired) electrons. The third-order valence-corrected chi connectivity index (χ3v) is 5.30. The van der Waals surface area contributed by atoms with Crippen LogP contribution in [0, 0.1) is 5.82 Å². The van der Waals surface area contributed by atoms with Crippen LogP contribution in [0.3, 0.4) is 0 Å². The molecule has 2 heterocycles. The maximum absolute atomic E-state index is 13.9. The summed E-state index contributed by atoms with van der Waals surface area (Å²) in [7, 11) is 0. The Morgan fingerprint density at radius 1 is 1.03 bits per heavy atom. The van der Waals surface area contributed by atoms with Gasteiger partial charge in [0, 0.05) is 30.6 Å². The van der Waals surface area contributed by atoms with E-state index in [0.29, 0.717) is 17.5 Å². The smallest absolute Gasteiger partial charge is 0.416 e. The molecule has 5 nitrogen and oxygen atoms in total. The second-order valence-corrected chi connectivity index (χ2v) is 7.93. The molecule has 182 valence electrons. The van der Waals surface area contributed by atoms with Gasteiger partial charge in [0.15, 0.2) is 0 Å². The van der Waals surface area contributed by atoms with Crippen molar-refractivity contribution in [1.82, 2.24) is 14.5 Å². The van der Waals surface area contributed by atoms with Gasteiger partial charge >= 0.3 is 6.18 Å². The molecular formula is C26H23F4N3O2. The van der Waals surface area contributed by atoms with E-state index in [1.807, 2.05) is 36.8 Å². The largest absolute Gasteiger partial charge is 0.487 e. The van der Waals surface area contributed by atoms with Gasteiger partial charge in [-0.1, -0.05) is 18.2 Å². The van der Waals surface area contributed by atoms with Crippen molar-refractivity contribution < 1.29 is 26.7 Å². The number of unbranched alkanes of at least 4 members (excludes halogenated alkanes) is 1. The molecule has 0 N–H and O–H groups in total. The molecule has 9 heteroatoms. The summed E-state index contributed by atoms with van der Waals surface area (Å²) in [5.41, 5.74) is 0.714. The average molecular weight is 485 g/mol. The molecule has 2 aromatic carbocycles. The Morgan fingerprint density at radius 3 is 2.57 bits per heavy atom. The summed E-state index contributed by atoms with van der Waals surface area (Å²) >= 11 is 0. The summed E-state index contributed by atoms with van der Waals surface area (Å²) in [6.07, 6.45) is 8.19. The molecule has 0 bridgehead atoms. The van der Waals surface area contributed by atoms with Crippen LogP contribution in [0.15, 0.2) is 71.9 Å². The summed E-state index contributed by atoms with van der Waals surface area (Å²) in [6, 6.07) is 10.2. The number of hydrogen-bond donors (Lipinski definition) is 0. The standard InChI is InChI=1S/C26H23F4N3O2/c27-24-15-21(26(28,29)30)8-6-20(24)7-11-25-32-22(17-35-25)16-34-23-9-4-19(5-10-23)3-1-2-13-33-14-12-31-18-33/h4-12,14-15,17-18H,1-3,13,16H2. The monoisotopic (exact) mass is 485 g/mol. The zero-order chi connectivity index (χ0) is 24.7. The normalized spacial score (nSPS) is 11.9. The van der Waals surface area contributed by atoms with E-state index >= 15 is 0 Å². The Bertz CT molecular complexity index is 1250. The van der Waals surface area contributed by atoms with Crippen molar-refractivity contribution in [3.05, 3.63) is 102 Å². The lowest BCUT2D eigenvalue weighted by atomic mass is 10.1. The quantitative estimate of drug-likeness (QED) is 0.183. The first kappa shape index (κ1) is 24.3. The molecule has 0 spiro atoms. The highest BCUT2D eigenvalue weighted by atomic mass is 19.4. The van der Waals surface area contributed by atoms with E-state index in [0.717, 1.165) is 37.9 Å². The van der Waals surface area contributed by atoms with Gasteiger partial charge in [-0.3, -0.25) is 0 Å². The number of halogens is 4. The minimum Gasteiger partial charge on any atom is -0.487 e. The molecule has 4 rings (SSSR count). The van der Waals surface area contributed by atoms with Crippen LogP contribution < -0.4 is 4.74 Å². The predicted octanol–water partition coefficient (Wildman–Crippen LogP) is 6.80. The third-order valence-electron chi connectivity index (χ3n) is 5.30. The van der Waals surface area contributed by atoms with Gasteiger partial charge in [0.2, 0.25) is 5.89 Å². The fraction of sp³-hybridized carbons (Fsp3) is 0.231. The fourth-order valence-electron chi connectivity index (χ4n) is 3.42. The molecule has 0 fully saturated rings. The molecule has 0 aliphatic rings. The third kappa shape index (κ3) is 7.05. The number of aromatic nitrogens is 3. The molecule has 0 aliphatic carbocycles. The Hall–Kier alpha value is -3.88. The van der Waals surface area contributed by atoms with Crippen LogP contribution in [0.1, 0.15) is 41.1 Å². The van der Waals surface area contributed by atoms with Crippen LogP contribution in [-0.2, 0) is 25.7 Å². The van der Waals surface area contributed by atoms with E-state index in [9.17, 15) is 17.6 Å². The van der Waals surface area contributed by atoms with Crippen LogP contribution in [0.4, 0.5) is 17.6 Å². The molecule has 0 amide bonds. The second-order valence-electron chi connectivity index (χ2n) is 7.93. The van der Waals surface area contributed by atoms with Crippen LogP contribution in [0.25, 0.3) is 12.2 Å². The summed E-state index contributed by atoms with van der Waals surface area (Å²) in [4.78, 5) is 8.26. The van der Waals surface area contributed by atoms with E-state index in [1.54, 1.807) is 6.20 Å². The minimum atomic E-state index is -4.60. The first-order valence-electron chi connectivity index (χ1n) is 11.0. The van der Waals surface area contributed by atoms with Crippen molar-refractivity contribution in [2.45, 2.75) is 38.6 Å². The Kier molecular flexibility index (Phi) is 7.64. The first-order chi connectivity index (χ1) is 16.9. The lowest BCUT2D eigenvalue weighted by molar-refractivity contribution is -0.137. The molecule has 0 atom stereocenters. The topological polar surface area (TPSA) is 53.1 Å². The minimum absolute atomic E-state index is 0.00387. The number of alkyl halides is 3. The summed E-state index contributed by atoms with van der Waals surface area (Å²) in [5.74, 6) is -0.0964. The lowest BCUT2D eigenvalue weighted by Gasteiger charge is -2.07. The van der Waals surface area contributed by atoms with Gasteiger partial charge in [0.05, 0.1) is 11.9 Å². The van der Waals surface area contributed by atoms with Gasteiger partial charge in [-0.25, -0.2) is 14.4 Å². The van der Waals surface area contributed by atoms with Crippen molar-refractivity contribution in [2.24, 2.45) is 0 Å². The zero-order valence-corrected chi connectivity index (χ0v) is 18.7. The van der Waals surface area contributed by atoms with Gasteiger partial charge < -0.3 is 13.7 Å². The van der Waals surface area contributed by atoms with Crippen LogP contribution >= 0.6 is 0 Å². The van der Waals surface area contributed by atoms with E-state index < -0.39 is 17.6 Å². The molecule has 0 aliphatic heterocycles. The number of ether oxygens (including phenoxy) is 1. The Labute approximate surface area is 199 Å². The van der Waals surface area contributed by atoms with Gasteiger partial charge in [-0.15, -0.1) is 0 Å². The van der Waals surface area contributed by atoms with E-state index in [4.69, 9.17) is 9.15 Å². The van der Waals surface area contributed by atoms with Crippen molar-refractivity contribution in [1.29, 1.82) is 0 Å². The molecule has 0 unspecified atom stereocenters. The van der Waals surface area contributed by atoms with E-state index in [-0.39, 0.29) is 18.1 Å². The average Bonchev–Trinajstić information content (AvgIpc) is 3.52. The van der Waals surface area contributed by atoms with Crippen LogP contribution in [0.5, 0.6) is 5.75 Å².